The average molecular weight is 524 g/mol. The molecule has 0 spiro atoms. The number of carbonyl (C=O) groups excluding carboxylic acids is 1. The van der Waals surface area contributed by atoms with Crippen LogP contribution in [0.1, 0.15) is 11.1 Å². The second kappa shape index (κ2) is 11.1. The molecule has 0 aliphatic carbocycles. The van der Waals surface area contributed by atoms with Gasteiger partial charge in [0.15, 0.2) is 23.9 Å². The first-order valence-corrected chi connectivity index (χ1v) is 12.1. The number of benzene rings is 3. The van der Waals surface area contributed by atoms with Gasteiger partial charge in [-0.05, 0) is 48.4 Å². The van der Waals surface area contributed by atoms with Crippen LogP contribution in [0.25, 0.3) is 33.5 Å². The molecule has 5 rings (SSSR count). The summed E-state index contributed by atoms with van der Waals surface area (Å²) in [6.45, 7) is 3.53. The van der Waals surface area contributed by atoms with Gasteiger partial charge in [0.05, 0.1) is 31.3 Å². The van der Waals surface area contributed by atoms with Crippen molar-refractivity contribution in [1.82, 2.24) is 9.66 Å². The number of ether oxygens (including phenoxy) is 3. The Hall–Kier alpha value is -5.18. The number of carbonyl (C=O) groups is 1. The second-order valence-electron chi connectivity index (χ2n) is 8.53. The van der Waals surface area contributed by atoms with E-state index in [1.807, 2.05) is 42.5 Å². The molecule has 2 aromatic heterocycles. The number of methoxy groups -OCH3 is 2. The quantitative estimate of drug-likeness (QED) is 0.152. The van der Waals surface area contributed by atoms with Gasteiger partial charge in [0.25, 0.3) is 5.56 Å². The zero-order valence-electron chi connectivity index (χ0n) is 21.4. The molecule has 0 amide bonds. The van der Waals surface area contributed by atoms with Crippen LogP contribution >= 0.6 is 0 Å². The van der Waals surface area contributed by atoms with Crippen LogP contribution in [0, 0.1) is 0 Å². The summed E-state index contributed by atoms with van der Waals surface area (Å²) in [6, 6.07) is 20.0. The summed E-state index contributed by atoms with van der Waals surface area (Å²) in [5, 5.41) is 5.83. The molecule has 0 N–H and O–H groups in total. The molecule has 196 valence electrons. The number of rotatable bonds is 9. The Morgan fingerprint density at radius 1 is 1.10 bits per heavy atom. The van der Waals surface area contributed by atoms with Crippen molar-refractivity contribution in [2.24, 2.45) is 5.10 Å². The first-order chi connectivity index (χ1) is 19.0. The lowest BCUT2D eigenvalue weighted by atomic mass is 10.1. The fourth-order valence-electron chi connectivity index (χ4n) is 4.18. The molecule has 3 aromatic carbocycles. The van der Waals surface area contributed by atoms with Crippen molar-refractivity contribution in [3.05, 3.63) is 101 Å². The van der Waals surface area contributed by atoms with E-state index in [-0.39, 0.29) is 18.0 Å². The molecule has 39 heavy (non-hydrogen) atoms. The Kier molecular flexibility index (Phi) is 7.22. The van der Waals surface area contributed by atoms with Gasteiger partial charge < -0.3 is 18.6 Å². The number of allylic oxidation sites excluding steroid dienone is 1. The lowest BCUT2D eigenvalue weighted by Gasteiger charge is -2.15. The number of fused-ring (bicyclic) bond motifs is 2. The van der Waals surface area contributed by atoms with Crippen molar-refractivity contribution < 1.29 is 23.4 Å². The third-order valence-corrected chi connectivity index (χ3v) is 6.02. The van der Waals surface area contributed by atoms with Gasteiger partial charge in [-0.2, -0.15) is 9.78 Å². The van der Waals surface area contributed by atoms with E-state index in [1.165, 1.54) is 25.1 Å². The van der Waals surface area contributed by atoms with Crippen LogP contribution in [0.5, 0.6) is 11.5 Å². The molecule has 5 aromatic rings. The number of furan rings is 1. The average Bonchev–Trinajstić information content (AvgIpc) is 3.40. The SMILES string of the molecule is C=CCc1cc(C=Nn2c(-c3cc4ccccc4o3)nc3ccccc3c2=O)cc(OC)c1OCC(=O)OC. The molecule has 9 nitrogen and oxygen atoms in total. The maximum Gasteiger partial charge on any atom is 0.343 e. The van der Waals surface area contributed by atoms with Gasteiger partial charge in [-0.25, -0.2) is 9.78 Å². The third-order valence-electron chi connectivity index (χ3n) is 6.02. The Labute approximate surface area is 223 Å². The fourth-order valence-corrected chi connectivity index (χ4v) is 4.18. The molecule has 2 heterocycles. The van der Waals surface area contributed by atoms with Gasteiger partial charge in [0, 0.05) is 10.9 Å². The molecule has 9 heteroatoms. The van der Waals surface area contributed by atoms with Gasteiger partial charge in [0.1, 0.15) is 5.58 Å². The Balaban J connectivity index is 1.62. The maximum absolute atomic E-state index is 13.5. The molecule has 0 unspecified atom stereocenters. The van der Waals surface area contributed by atoms with E-state index in [9.17, 15) is 9.59 Å². The molecule has 0 aliphatic heterocycles. The molecule has 0 fully saturated rings. The first kappa shape index (κ1) is 25.5. The predicted octanol–water partition coefficient (Wildman–Crippen LogP) is 4.98. The van der Waals surface area contributed by atoms with Crippen molar-refractivity contribution in [2.45, 2.75) is 6.42 Å². The molecule has 0 saturated heterocycles. The van der Waals surface area contributed by atoms with Crippen molar-refractivity contribution in [3.63, 3.8) is 0 Å². The number of para-hydroxylation sites is 2. The number of nitrogens with zero attached hydrogens (tertiary/aromatic N) is 3. The van der Waals surface area contributed by atoms with E-state index in [2.05, 4.69) is 16.4 Å². The normalized spacial score (nSPS) is 11.2. The first-order valence-electron chi connectivity index (χ1n) is 12.1. The monoisotopic (exact) mass is 523 g/mol. The fraction of sp³-hybridized carbons (Fsp3) is 0.133. The smallest absolute Gasteiger partial charge is 0.343 e. The lowest BCUT2D eigenvalue weighted by molar-refractivity contribution is -0.142. The highest BCUT2D eigenvalue weighted by Gasteiger charge is 2.17. The van der Waals surface area contributed by atoms with Gasteiger partial charge in [0.2, 0.25) is 5.82 Å². The summed E-state index contributed by atoms with van der Waals surface area (Å²) in [4.78, 5) is 29.9. The van der Waals surface area contributed by atoms with Crippen LogP contribution < -0.4 is 15.0 Å². The minimum atomic E-state index is -0.520. The number of hydrogen-bond donors (Lipinski definition) is 0. The van der Waals surface area contributed by atoms with Crippen molar-refractivity contribution in [3.8, 4) is 23.1 Å². The Morgan fingerprint density at radius 2 is 1.90 bits per heavy atom. The zero-order chi connectivity index (χ0) is 27.4. The van der Waals surface area contributed by atoms with Gasteiger partial charge in [-0.1, -0.05) is 36.4 Å². The summed E-state index contributed by atoms with van der Waals surface area (Å²) in [7, 11) is 2.78. The summed E-state index contributed by atoms with van der Waals surface area (Å²) >= 11 is 0. The van der Waals surface area contributed by atoms with Gasteiger partial charge >= 0.3 is 5.97 Å². The Bertz CT molecular complexity index is 1750. The molecule has 0 bridgehead atoms. The standard InChI is InChI=1S/C30H25N3O6/c1-4-9-21-14-19(15-25(36-2)28(21)38-18-27(34)37-3)17-31-33-29(26-16-20-10-5-8-13-24(20)39-26)32-23-12-7-6-11-22(23)30(33)35/h4-8,10-17H,1,9,18H2,2-3H3. The molecule has 0 atom stereocenters. The molecular formula is C30H25N3O6. The largest absolute Gasteiger partial charge is 0.493 e. The van der Waals surface area contributed by atoms with Crippen LogP contribution in [0.3, 0.4) is 0 Å². The molecular weight excluding hydrogens is 498 g/mol. The van der Waals surface area contributed by atoms with E-state index < -0.39 is 5.97 Å². The summed E-state index contributed by atoms with van der Waals surface area (Å²) < 4.78 is 23.1. The van der Waals surface area contributed by atoms with Crippen LogP contribution in [0.4, 0.5) is 0 Å². The highest BCUT2D eigenvalue weighted by atomic mass is 16.6. The van der Waals surface area contributed by atoms with Gasteiger partial charge in [-0.3, -0.25) is 4.79 Å². The number of hydrogen-bond acceptors (Lipinski definition) is 8. The van der Waals surface area contributed by atoms with Crippen molar-refractivity contribution in [1.29, 1.82) is 0 Å². The highest BCUT2D eigenvalue weighted by molar-refractivity contribution is 5.85. The maximum atomic E-state index is 13.5. The Morgan fingerprint density at radius 3 is 2.67 bits per heavy atom. The topological polar surface area (TPSA) is 105 Å². The van der Waals surface area contributed by atoms with E-state index >= 15 is 0 Å². The van der Waals surface area contributed by atoms with Crippen LogP contribution in [-0.4, -0.2) is 42.7 Å². The minimum absolute atomic E-state index is 0.266. The number of esters is 1. The van der Waals surface area contributed by atoms with E-state index in [0.717, 1.165) is 10.9 Å². The van der Waals surface area contributed by atoms with Crippen molar-refractivity contribution >= 4 is 34.1 Å². The predicted molar refractivity (Wildman–Crippen MR) is 149 cm³/mol. The second-order valence-corrected chi connectivity index (χ2v) is 8.53. The van der Waals surface area contributed by atoms with Crippen molar-refractivity contribution in [2.75, 3.05) is 20.8 Å². The molecule has 0 aliphatic rings. The third kappa shape index (κ3) is 5.15. The van der Waals surface area contributed by atoms with Crippen LogP contribution in [-0.2, 0) is 16.0 Å². The van der Waals surface area contributed by atoms with E-state index in [0.29, 0.717) is 45.7 Å². The molecule has 0 saturated carbocycles. The number of aromatic nitrogens is 2. The van der Waals surface area contributed by atoms with Crippen LogP contribution in [0.2, 0.25) is 0 Å². The molecule has 0 radical (unpaired) electrons. The van der Waals surface area contributed by atoms with E-state index in [1.54, 1.807) is 30.3 Å². The zero-order valence-corrected chi connectivity index (χ0v) is 21.4. The van der Waals surface area contributed by atoms with Crippen LogP contribution in [0.15, 0.2) is 93.7 Å². The minimum Gasteiger partial charge on any atom is -0.493 e. The highest BCUT2D eigenvalue weighted by Crippen LogP contribution is 2.33. The summed E-state index contributed by atoms with van der Waals surface area (Å²) in [6.07, 6.45) is 3.68. The van der Waals surface area contributed by atoms with Gasteiger partial charge in [-0.15, -0.1) is 6.58 Å². The summed E-state index contributed by atoms with van der Waals surface area (Å²) in [5.74, 6) is 0.942. The van der Waals surface area contributed by atoms with E-state index in [4.69, 9.17) is 18.9 Å². The lowest BCUT2D eigenvalue weighted by Crippen LogP contribution is -2.20. The summed E-state index contributed by atoms with van der Waals surface area (Å²) in [5.41, 5.74) is 2.21.